The van der Waals surface area contributed by atoms with E-state index in [9.17, 15) is 28.0 Å². The number of carbonyl (C=O) groups excluding carboxylic acids is 2. The van der Waals surface area contributed by atoms with Gasteiger partial charge in [-0.05, 0) is 11.6 Å². The molecule has 0 radical (unpaired) electrons. The first-order valence-electron chi connectivity index (χ1n) is 6.20. The molecule has 6 nitrogen and oxygen atoms in total. The highest BCUT2D eigenvalue weighted by atomic mass is 19.4. The van der Waals surface area contributed by atoms with E-state index in [2.05, 4.69) is 4.98 Å². The topological polar surface area (TPSA) is 96.5 Å². The van der Waals surface area contributed by atoms with Gasteiger partial charge in [-0.3, -0.25) is 19.8 Å². The average molecular weight is 315 g/mol. The number of nitrogens with two attached hydrogens (primary N) is 1. The zero-order valence-corrected chi connectivity index (χ0v) is 11.3. The second kappa shape index (κ2) is 5.41. The summed E-state index contributed by atoms with van der Waals surface area (Å²) in [5, 5.41) is 10.2. The maximum absolute atomic E-state index is 12.5. The Morgan fingerprint density at radius 1 is 1.41 bits per heavy atom. The SMILES string of the molecule is CC1C=C(C(N)=O)C(=O)N(O)C1c1ccc(C(F)(F)F)nc1. The summed E-state index contributed by atoms with van der Waals surface area (Å²) in [7, 11) is 0. The second-order valence-corrected chi connectivity index (χ2v) is 4.87. The number of aromatic nitrogens is 1. The fourth-order valence-electron chi connectivity index (χ4n) is 2.28. The van der Waals surface area contributed by atoms with Gasteiger partial charge in [0.05, 0.1) is 6.04 Å². The lowest BCUT2D eigenvalue weighted by molar-refractivity contribution is -0.178. The molecule has 118 valence electrons. The highest BCUT2D eigenvalue weighted by Crippen LogP contribution is 2.35. The molecule has 0 saturated carbocycles. The number of hydroxylamine groups is 2. The van der Waals surface area contributed by atoms with Crippen molar-refractivity contribution in [2.45, 2.75) is 19.1 Å². The zero-order valence-electron chi connectivity index (χ0n) is 11.3. The molecule has 1 aliphatic heterocycles. The van der Waals surface area contributed by atoms with Crippen LogP contribution in [0.15, 0.2) is 30.0 Å². The molecule has 2 rings (SSSR count). The van der Waals surface area contributed by atoms with E-state index < -0.39 is 35.6 Å². The van der Waals surface area contributed by atoms with Gasteiger partial charge < -0.3 is 5.73 Å². The number of hydrogen-bond acceptors (Lipinski definition) is 4. The minimum atomic E-state index is -4.58. The fraction of sp³-hybridized carbons (Fsp3) is 0.308. The van der Waals surface area contributed by atoms with Gasteiger partial charge >= 0.3 is 6.18 Å². The van der Waals surface area contributed by atoms with Crippen molar-refractivity contribution in [1.29, 1.82) is 0 Å². The molecule has 1 aromatic heterocycles. The number of pyridine rings is 1. The molecular formula is C13H12F3N3O3. The Balaban J connectivity index is 2.37. The lowest BCUT2D eigenvalue weighted by atomic mass is 9.89. The van der Waals surface area contributed by atoms with Gasteiger partial charge in [-0.15, -0.1) is 0 Å². The molecule has 2 unspecified atom stereocenters. The van der Waals surface area contributed by atoms with Crippen molar-refractivity contribution in [1.82, 2.24) is 10.0 Å². The summed E-state index contributed by atoms with van der Waals surface area (Å²) in [6, 6.07) is 0.926. The van der Waals surface area contributed by atoms with Crippen LogP contribution in [0, 0.1) is 5.92 Å². The van der Waals surface area contributed by atoms with Crippen molar-refractivity contribution >= 4 is 11.8 Å². The summed E-state index contributed by atoms with van der Waals surface area (Å²) in [4.78, 5) is 26.2. The lowest BCUT2D eigenvalue weighted by Crippen LogP contribution is -2.42. The Bertz CT molecular complexity index is 640. The summed E-state index contributed by atoms with van der Waals surface area (Å²) >= 11 is 0. The van der Waals surface area contributed by atoms with Gasteiger partial charge in [0.2, 0.25) is 0 Å². The molecule has 9 heteroatoms. The Kier molecular flexibility index (Phi) is 3.92. The van der Waals surface area contributed by atoms with E-state index in [1.165, 1.54) is 6.08 Å². The van der Waals surface area contributed by atoms with Crippen LogP contribution in [0.25, 0.3) is 0 Å². The van der Waals surface area contributed by atoms with Crippen LogP contribution in [0.4, 0.5) is 13.2 Å². The minimum Gasteiger partial charge on any atom is -0.365 e. The van der Waals surface area contributed by atoms with Crippen LogP contribution in [0.1, 0.15) is 24.2 Å². The van der Waals surface area contributed by atoms with Crippen LogP contribution in [0.3, 0.4) is 0 Å². The molecule has 2 atom stereocenters. The number of halogens is 3. The summed E-state index contributed by atoms with van der Waals surface area (Å²) < 4.78 is 37.4. The number of carbonyl (C=O) groups is 2. The van der Waals surface area contributed by atoms with Crippen molar-refractivity contribution in [3.63, 3.8) is 0 Å². The van der Waals surface area contributed by atoms with Crippen molar-refractivity contribution in [2.75, 3.05) is 0 Å². The average Bonchev–Trinajstić information content (AvgIpc) is 2.42. The molecule has 22 heavy (non-hydrogen) atoms. The summed E-state index contributed by atoms with van der Waals surface area (Å²) in [5.74, 6) is -2.53. The highest BCUT2D eigenvalue weighted by molar-refractivity contribution is 6.18. The normalized spacial score (nSPS) is 22.5. The number of rotatable bonds is 2. The van der Waals surface area contributed by atoms with Crippen molar-refractivity contribution < 1.29 is 28.0 Å². The molecule has 0 aliphatic carbocycles. The number of hydrogen-bond donors (Lipinski definition) is 2. The van der Waals surface area contributed by atoms with Crippen molar-refractivity contribution in [2.24, 2.45) is 11.7 Å². The molecular weight excluding hydrogens is 303 g/mol. The van der Waals surface area contributed by atoms with Crippen LogP contribution in [-0.4, -0.2) is 27.1 Å². The fourth-order valence-corrected chi connectivity index (χ4v) is 2.28. The standard InChI is InChI=1S/C13H12F3N3O3/c1-6-4-8(11(17)20)12(21)19(22)10(6)7-2-3-9(18-5-7)13(14,15)16/h2-6,10,22H,1H3,(H2,17,20). The van der Waals surface area contributed by atoms with Crippen LogP contribution in [-0.2, 0) is 15.8 Å². The van der Waals surface area contributed by atoms with Gasteiger partial charge in [0.1, 0.15) is 11.3 Å². The van der Waals surface area contributed by atoms with E-state index in [0.717, 1.165) is 18.3 Å². The molecule has 0 bridgehead atoms. The van der Waals surface area contributed by atoms with Crippen LogP contribution < -0.4 is 5.73 Å². The minimum absolute atomic E-state index is 0.205. The number of alkyl halides is 3. The molecule has 0 aromatic carbocycles. The third kappa shape index (κ3) is 2.80. The summed E-state index contributed by atoms with van der Waals surface area (Å²) in [6.45, 7) is 1.58. The number of amides is 2. The van der Waals surface area contributed by atoms with Gasteiger partial charge in [0.25, 0.3) is 11.8 Å². The quantitative estimate of drug-likeness (QED) is 0.637. The maximum atomic E-state index is 12.5. The van der Waals surface area contributed by atoms with E-state index >= 15 is 0 Å². The first-order chi connectivity index (χ1) is 10.1. The second-order valence-electron chi connectivity index (χ2n) is 4.87. The Morgan fingerprint density at radius 3 is 2.50 bits per heavy atom. The van der Waals surface area contributed by atoms with Gasteiger partial charge in [-0.1, -0.05) is 19.1 Å². The highest BCUT2D eigenvalue weighted by Gasteiger charge is 2.38. The number of primary amides is 1. The molecule has 1 aromatic rings. The first kappa shape index (κ1) is 16.0. The summed E-state index contributed by atoms with van der Waals surface area (Å²) in [6.07, 6.45) is -2.37. The van der Waals surface area contributed by atoms with E-state index in [0.29, 0.717) is 0 Å². The largest absolute Gasteiger partial charge is 0.433 e. The maximum Gasteiger partial charge on any atom is 0.433 e. The Morgan fingerprint density at radius 2 is 2.05 bits per heavy atom. The molecule has 2 heterocycles. The van der Waals surface area contributed by atoms with E-state index in [1.54, 1.807) is 6.92 Å². The smallest absolute Gasteiger partial charge is 0.365 e. The van der Waals surface area contributed by atoms with Gasteiger partial charge in [0.15, 0.2) is 0 Å². The predicted octanol–water partition coefficient (Wildman–Crippen LogP) is 1.42. The van der Waals surface area contributed by atoms with E-state index in [1.807, 2.05) is 0 Å². The monoisotopic (exact) mass is 315 g/mol. The van der Waals surface area contributed by atoms with Crippen LogP contribution in [0.2, 0.25) is 0 Å². The summed E-state index contributed by atoms with van der Waals surface area (Å²) in [5.41, 5.74) is 3.79. The van der Waals surface area contributed by atoms with Gasteiger partial charge in [-0.25, -0.2) is 5.06 Å². The number of nitrogens with zero attached hydrogens (tertiary/aromatic N) is 2. The lowest BCUT2D eigenvalue weighted by Gasteiger charge is -2.33. The third-order valence-electron chi connectivity index (χ3n) is 3.31. The van der Waals surface area contributed by atoms with Crippen LogP contribution in [0.5, 0.6) is 0 Å². The zero-order chi connectivity index (χ0) is 16.7. The molecule has 0 saturated heterocycles. The van der Waals surface area contributed by atoms with Crippen molar-refractivity contribution in [3.05, 3.63) is 41.2 Å². The molecule has 3 N–H and O–H groups in total. The van der Waals surface area contributed by atoms with Crippen molar-refractivity contribution in [3.8, 4) is 0 Å². The van der Waals surface area contributed by atoms with Gasteiger partial charge in [-0.2, -0.15) is 13.2 Å². The molecule has 2 amide bonds. The van der Waals surface area contributed by atoms with E-state index in [4.69, 9.17) is 5.73 Å². The molecule has 1 aliphatic rings. The third-order valence-corrected chi connectivity index (χ3v) is 3.31. The molecule has 0 spiro atoms. The predicted molar refractivity (Wildman–Crippen MR) is 67.1 cm³/mol. The van der Waals surface area contributed by atoms with Crippen LogP contribution >= 0.6 is 0 Å². The first-order valence-corrected chi connectivity index (χ1v) is 6.20. The Labute approximate surface area is 123 Å². The van der Waals surface area contributed by atoms with Gasteiger partial charge in [0, 0.05) is 12.1 Å². The molecule has 0 fully saturated rings. The Hall–Kier alpha value is -2.42. The van der Waals surface area contributed by atoms with E-state index in [-0.39, 0.29) is 16.2 Å².